The van der Waals surface area contributed by atoms with E-state index in [2.05, 4.69) is 5.32 Å². The first kappa shape index (κ1) is 18.7. The number of hydrogen-bond acceptors (Lipinski definition) is 4. The lowest BCUT2D eigenvalue weighted by Gasteiger charge is -2.24. The van der Waals surface area contributed by atoms with Crippen LogP contribution in [0.1, 0.15) is 25.0 Å². The van der Waals surface area contributed by atoms with Crippen molar-refractivity contribution in [1.82, 2.24) is 10.2 Å². The smallest absolute Gasteiger partial charge is 0.333 e. The third kappa shape index (κ3) is 4.19. The highest BCUT2D eigenvalue weighted by Crippen LogP contribution is 2.27. The molecule has 3 rings (SSSR count). The van der Waals surface area contributed by atoms with Crippen LogP contribution < -0.4 is 5.32 Å². The molecule has 1 unspecified atom stereocenters. The Morgan fingerprint density at radius 1 is 1.04 bits per heavy atom. The minimum atomic E-state index is -0.698. The van der Waals surface area contributed by atoms with Gasteiger partial charge in [-0.2, -0.15) is 0 Å². The van der Waals surface area contributed by atoms with Crippen LogP contribution in [0.4, 0.5) is 0 Å². The number of esters is 1. The van der Waals surface area contributed by atoms with Gasteiger partial charge in [-0.05, 0) is 30.5 Å². The molecule has 0 aromatic heterocycles. The van der Waals surface area contributed by atoms with E-state index in [9.17, 15) is 9.59 Å². The van der Waals surface area contributed by atoms with Crippen molar-refractivity contribution in [1.29, 1.82) is 0 Å². The van der Waals surface area contributed by atoms with Gasteiger partial charge in [0.05, 0.1) is 6.61 Å². The Kier molecular flexibility index (Phi) is 5.91. The minimum Gasteiger partial charge on any atom is -0.464 e. The highest BCUT2D eigenvalue weighted by molar-refractivity contribution is 6.02. The van der Waals surface area contributed by atoms with Crippen molar-refractivity contribution >= 4 is 11.9 Å². The summed E-state index contributed by atoms with van der Waals surface area (Å²) >= 11 is 0. The summed E-state index contributed by atoms with van der Waals surface area (Å²) in [4.78, 5) is 27.2. The molecule has 0 bridgehead atoms. The molecule has 1 aliphatic rings. The Labute approximate surface area is 159 Å². The second-order valence-electron chi connectivity index (χ2n) is 6.47. The molecule has 1 aliphatic heterocycles. The topological polar surface area (TPSA) is 58.6 Å². The zero-order valence-electron chi connectivity index (χ0n) is 15.6. The van der Waals surface area contributed by atoms with Gasteiger partial charge in [-0.3, -0.25) is 4.79 Å². The predicted molar refractivity (Wildman–Crippen MR) is 103 cm³/mol. The number of nitrogens with one attached hydrogen (secondary N) is 1. The molecule has 0 saturated heterocycles. The van der Waals surface area contributed by atoms with Gasteiger partial charge in [0.1, 0.15) is 5.70 Å². The highest BCUT2D eigenvalue weighted by atomic mass is 16.5. The molecular formula is C22H24N2O3. The predicted octanol–water partition coefficient (Wildman–Crippen LogP) is 3.02. The van der Waals surface area contributed by atoms with E-state index in [0.717, 1.165) is 11.1 Å². The molecule has 0 aliphatic carbocycles. The summed E-state index contributed by atoms with van der Waals surface area (Å²) < 4.78 is 5.23. The van der Waals surface area contributed by atoms with Gasteiger partial charge in [-0.15, -0.1) is 0 Å². The molecule has 5 nitrogen and oxygen atoms in total. The minimum absolute atomic E-state index is 0.176. The number of ether oxygens (including phenoxy) is 1. The molecule has 0 fully saturated rings. The van der Waals surface area contributed by atoms with Crippen LogP contribution in [0.15, 0.2) is 71.9 Å². The summed E-state index contributed by atoms with van der Waals surface area (Å²) in [7, 11) is 0. The summed E-state index contributed by atoms with van der Waals surface area (Å²) in [5, 5.41) is 3.22. The third-order valence-corrected chi connectivity index (χ3v) is 4.61. The van der Waals surface area contributed by atoms with E-state index in [1.807, 2.05) is 67.6 Å². The quantitative estimate of drug-likeness (QED) is 0.768. The van der Waals surface area contributed by atoms with Crippen molar-refractivity contribution in [2.75, 3.05) is 6.61 Å². The Hall–Kier alpha value is -3.08. The second kappa shape index (κ2) is 8.54. The van der Waals surface area contributed by atoms with Crippen molar-refractivity contribution in [3.05, 3.63) is 83.1 Å². The molecule has 0 radical (unpaired) electrons. The Balaban J connectivity index is 1.83. The molecule has 1 N–H and O–H groups in total. The summed E-state index contributed by atoms with van der Waals surface area (Å²) in [6, 6.07) is 18.8. The molecule has 140 valence electrons. The van der Waals surface area contributed by atoms with Gasteiger partial charge >= 0.3 is 5.97 Å². The second-order valence-corrected chi connectivity index (χ2v) is 6.47. The SMILES string of the molecule is CCOC(=O)C1C(C)=C(NCc2ccccc2)C(=O)N1Cc1ccccc1. The zero-order valence-corrected chi connectivity index (χ0v) is 15.6. The summed E-state index contributed by atoms with van der Waals surface area (Å²) in [5.41, 5.74) is 3.22. The lowest BCUT2D eigenvalue weighted by atomic mass is 10.1. The third-order valence-electron chi connectivity index (χ3n) is 4.61. The van der Waals surface area contributed by atoms with Crippen molar-refractivity contribution in [3.63, 3.8) is 0 Å². The summed E-state index contributed by atoms with van der Waals surface area (Å²) in [6.07, 6.45) is 0. The van der Waals surface area contributed by atoms with E-state index in [4.69, 9.17) is 4.74 Å². The molecule has 5 heteroatoms. The molecule has 0 spiro atoms. The van der Waals surface area contributed by atoms with Crippen LogP contribution in [0.3, 0.4) is 0 Å². The number of benzene rings is 2. The fourth-order valence-corrected chi connectivity index (χ4v) is 3.27. The average Bonchev–Trinajstić information content (AvgIpc) is 2.92. The van der Waals surface area contributed by atoms with Crippen LogP contribution in [0, 0.1) is 0 Å². The van der Waals surface area contributed by atoms with Gasteiger partial charge in [0.25, 0.3) is 5.91 Å². The standard InChI is InChI=1S/C22H24N2O3/c1-3-27-22(26)20-16(2)19(23-14-17-10-6-4-7-11-17)21(25)24(20)15-18-12-8-5-9-13-18/h4-13,20,23H,3,14-15H2,1-2H3. The van der Waals surface area contributed by atoms with Gasteiger partial charge in [-0.25, -0.2) is 4.79 Å². The number of rotatable bonds is 7. The largest absolute Gasteiger partial charge is 0.464 e. The highest BCUT2D eigenvalue weighted by Gasteiger charge is 2.42. The maximum absolute atomic E-state index is 13.1. The molecular weight excluding hydrogens is 340 g/mol. The van der Waals surface area contributed by atoms with Gasteiger partial charge in [0.15, 0.2) is 6.04 Å². The molecule has 1 heterocycles. The van der Waals surface area contributed by atoms with Gasteiger partial charge < -0.3 is 15.0 Å². The van der Waals surface area contributed by atoms with E-state index >= 15 is 0 Å². The number of carbonyl (C=O) groups is 2. The van der Waals surface area contributed by atoms with Gasteiger partial charge in [0.2, 0.25) is 0 Å². The normalized spacial score (nSPS) is 16.6. The molecule has 2 aromatic carbocycles. The lowest BCUT2D eigenvalue weighted by molar-refractivity contribution is -0.151. The number of hydrogen-bond donors (Lipinski definition) is 1. The molecule has 0 saturated carbocycles. The van der Waals surface area contributed by atoms with Crippen LogP contribution in [0.25, 0.3) is 0 Å². The lowest BCUT2D eigenvalue weighted by Crippen LogP contribution is -2.41. The van der Waals surface area contributed by atoms with Crippen LogP contribution in [-0.2, 0) is 27.4 Å². The summed E-state index contributed by atoms with van der Waals surface area (Å²) in [5.74, 6) is -0.568. The number of carbonyl (C=O) groups excluding carboxylic acids is 2. The Bertz CT molecular complexity index is 831. The van der Waals surface area contributed by atoms with E-state index in [1.54, 1.807) is 11.8 Å². The van der Waals surface area contributed by atoms with E-state index in [1.165, 1.54) is 0 Å². The van der Waals surface area contributed by atoms with E-state index in [-0.39, 0.29) is 12.5 Å². The van der Waals surface area contributed by atoms with Gasteiger partial charge in [-0.1, -0.05) is 60.7 Å². The molecule has 1 atom stereocenters. The van der Waals surface area contributed by atoms with Crippen molar-refractivity contribution in [2.45, 2.75) is 33.0 Å². The van der Waals surface area contributed by atoms with Crippen LogP contribution in [0.5, 0.6) is 0 Å². The van der Waals surface area contributed by atoms with Crippen LogP contribution in [0.2, 0.25) is 0 Å². The first-order valence-corrected chi connectivity index (χ1v) is 9.12. The average molecular weight is 364 g/mol. The van der Waals surface area contributed by atoms with E-state index < -0.39 is 12.0 Å². The first-order valence-electron chi connectivity index (χ1n) is 9.12. The fourth-order valence-electron chi connectivity index (χ4n) is 3.27. The molecule has 1 amide bonds. The van der Waals surface area contributed by atoms with Crippen molar-refractivity contribution < 1.29 is 14.3 Å². The monoisotopic (exact) mass is 364 g/mol. The number of amides is 1. The van der Waals surface area contributed by atoms with Crippen molar-refractivity contribution in [3.8, 4) is 0 Å². The van der Waals surface area contributed by atoms with Crippen molar-refractivity contribution in [2.24, 2.45) is 0 Å². The maximum Gasteiger partial charge on any atom is 0.333 e. The zero-order chi connectivity index (χ0) is 19.2. The summed E-state index contributed by atoms with van der Waals surface area (Å²) in [6.45, 7) is 4.75. The Morgan fingerprint density at radius 2 is 1.63 bits per heavy atom. The Morgan fingerprint density at radius 3 is 2.22 bits per heavy atom. The first-order chi connectivity index (χ1) is 13.1. The van der Waals surface area contributed by atoms with Crippen LogP contribution >= 0.6 is 0 Å². The van der Waals surface area contributed by atoms with Gasteiger partial charge in [0, 0.05) is 13.1 Å². The van der Waals surface area contributed by atoms with Crippen LogP contribution in [-0.4, -0.2) is 29.4 Å². The molecule has 27 heavy (non-hydrogen) atoms. The fraction of sp³-hybridized carbons (Fsp3) is 0.273. The molecule has 2 aromatic rings. The van der Waals surface area contributed by atoms with E-state index in [0.29, 0.717) is 24.4 Å². The number of nitrogens with zero attached hydrogens (tertiary/aromatic N) is 1. The maximum atomic E-state index is 13.1.